The molecule has 1 atom stereocenters. The maximum Gasteiger partial charge on any atom is 0.225 e. The van der Waals surface area contributed by atoms with Gasteiger partial charge in [0.15, 0.2) is 0 Å². The number of aromatic nitrogens is 2. The highest BCUT2D eigenvalue weighted by molar-refractivity contribution is 5.77. The van der Waals surface area contributed by atoms with Crippen molar-refractivity contribution >= 4 is 11.9 Å². The number of ether oxygens (including phenoxy) is 2. The molecular weight excluding hydrogens is 308 g/mol. The highest BCUT2D eigenvalue weighted by atomic mass is 16.5. The summed E-state index contributed by atoms with van der Waals surface area (Å²) in [5, 5.41) is 0. The molecule has 1 amide bonds. The number of nitrogens with zero attached hydrogens (tertiary/aromatic N) is 4. The van der Waals surface area contributed by atoms with Crippen LogP contribution in [-0.4, -0.2) is 68.3 Å². The Bertz CT molecular complexity index is 635. The molecule has 2 aliphatic rings. The minimum atomic E-state index is -0.214. The van der Waals surface area contributed by atoms with Crippen LogP contribution in [0, 0.1) is 6.92 Å². The summed E-state index contributed by atoms with van der Waals surface area (Å²) in [4.78, 5) is 25.6. The van der Waals surface area contributed by atoms with Crippen molar-refractivity contribution in [2.24, 2.45) is 0 Å². The van der Waals surface area contributed by atoms with Crippen LogP contribution in [0.5, 0.6) is 0 Å². The number of amides is 1. The molecule has 132 valence electrons. The molecule has 1 saturated heterocycles. The fourth-order valence-corrected chi connectivity index (χ4v) is 3.55. The zero-order chi connectivity index (χ0) is 17.3. The molecule has 3 heterocycles. The minimum Gasteiger partial charge on any atom is -0.384 e. The second-order valence-corrected chi connectivity index (χ2v) is 6.91. The summed E-state index contributed by atoms with van der Waals surface area (Å²) >= 11 is 0. The van der Waals surface area contributed by atoms with Gasteiger partial charge in [0.05, 0.1) is 37.4 Å². The van der Waals surface area contributed by atoms with Crippen LogP contribution in [0.2, 0.25) is 0 Å². The highest BCUT2D eigenvalue weighted by Crippen LogP contribution is 2.40. The average molecular weight is 334 g/mol. The van der Waals surface area contributed by atoms with E-state index < -0.39 is 0 Å². The molecule has 1 fully saturated rings. The van der Waals surface area contributed by atoms with Gasteiger partial charge >= 0.3 is 0 Å². The lowest BCUT2D eigenvalue weighted by atomic mass is 9.80. The smallest absolute Gasteiger partial charge is 0.225 e. The predicted octanol–water partition coefficient (Wildman–Crippen LogP) is 0.888. The van der Waals surface area contributed by atoms with Crippen molar-refractivity contribution in [2.75, 3.05) is 52.4 Å². The van der Waals surface area contributed by atoms with E-state index in [0.717, 1.165) is 35.9 Å². The van der Waals surface area contributed by atoms with Crippen molar-refractivity contribution in [1.29, 1.82) is 0 Å². The third-order valence-electron chi connectivity index (χ3n) is 4.96. The molecule has 1 aromatic rings. The lowest BCUT2D eigenvalue weighted by molar-refractivity contribution is -0.131. The van der Waals surface area contributed by atoms with Crippen LogP contribution >= 0.6 is 0 Å². The van der Waals surface area contributed by atoms with Gasteiger partial charge in [-0.3, -0.25) is 4.79 Å². The molecule has 0 aliphatic carbocycles. The number of carbonyl (C=O) groups excluding carboxylic acids is 1. The summed E-state index contributed by atoms with van der Waals surface area (Å²) < 4.78 is 10.9. The van der Waals surface area contributed by atoms with E-state index in [1.807, 2.05) is 30.8 Å². The second-order valence-electron chi connectivity index (χ2n) is 6.91. The van der Waals surface area contributed by atoms with E-state index in [2.05, 4.69) is 4.98 Å². The Morgan fingerprint density at radius 2 is 2.21 bits per heavy atom. The number of aryl methyl sites for hydroxylation is 1. The van der Waals surface area contributed by atoms with Crippen molar-refractivity contribution in [3.63, 3.8) is 0 Å². The van der Waals surface area contributed by atoms with Gasteiger partial charge in [-0.05, 0) is 13.3 Å². The quantitative estimate of drug-likeness (QED) is 0.814. The summed E-state index contributed by atoms with van der Waals surface area (Å²) in [6, 6.07) is 0. The van der Waals surface area contributed by atoms with Crippen LogP contribution in [0.3, 0.4) is 0 Å². The molecule has 0 bridgehead atoms. The molecule has 3 rings (SSSR count). The van der Waals surface area contributed by atoms with Gasteiger partial charge in [0.2, 0.25) is 11.9 Å². The number of rotatable bonds is 4. The molecule has 0 radical (unpaired) electrons. The Balaban J connectivity index is 1.90. The molecule has 0 unspecified atom stereocenters. The SMILES string of the molecule is COCCC(=O)N1CC[C@]2(COCc3c(C)nc(N(C)C)nc32)C1. The second kappa shape index (κ2) is 6.64. The largest absolute Gasteiger partial charge is 0.384 e. The van der Waals surface area contributed by atoms with Gasteiger partial charge in [0, 0.05) is 45.6 Å². The van der Waals surface area contributed by atoms with E-state index in [4.69, 9.17) is 14.5 Å². The number of fused-ring (bicyclic) bond motifs is 2. The van der Waals surface area contributed by atoms with E-state index in [-0.39, 0.29) is 11.3 Å². The predicted molar refractivity (Wildman–Crippen MR) is 90.1 cm³/mol. The zero-order valence-electron chi connectivity index (χ0n) is 15.0. The molecule has 1 spiro atoms. The van der Waals surface area contributed by atoms with Crippen LogP contribution in [0.4, 0.5) is 5.95 Å². The zero-order valence-corrected chi connectivity index (χ0v) is 15.0. The Kier molecular flexibility index (Phi) is 4.73. The van der Waals surface area contributed by atoms with Crippen LogP contribution in [-0.2, 0) is 26.3 Å². The number of methoxy groups -OCH3 is 1. The monoisotopic (exact) mass is 334 g/mol. The Labute approximate surface area is 143 Å². The number of hydrogen-bond acceptors (Lipinski definition) is 6. The van der Waals surface area contributed by atoms with E-state index in [0.29, 0.717) is 32.8 Å². The third-order valence-corrected chi connectivity index (χ3v) is 4.96. The average Bonchev–Trinajstić information content (AvgIpc) is 2.98. The Morgan fingerprint density at radius 1 is 1.42 bits per heavy atom. The van der Waals surface area contributed by atoms with Gasteiger partial charge in [-0.2, -0.15) is 0 Å². The van der Waals surface area contributed by atoms with Crippen LogP contribution < -0.4 is 4.90 Å². The molecule has 7 heteroatoms. The first kappa shape index (κ1) is 17.1. The first-order chi connectivity index (χ1) is 11.5. The molecule has 0 N–H and O–H groups in total. The Morgan fingerprint density at radius 3 is 2.92 bits per heavy atom. The van der Waals surface area contributed by atoms with Gasteiger partial charge in [-0.1, -0.05) is 0 Å². The molecule has 0 saturated carbocycles. The van der Waals surface area contributed by atoms with Crippen molar-refractivity contribution in [3.05, 3.63) is 17.0 Å². The minimum absolute atomic E-state index is 0.138. The molecule has 2 aliphatic heterocycles. The van der Waals surface area contributed by atoms with E-state index in [9.17, 15) is 4.79 Å². The van der Waals surface area contributed by atoms with E-state index >= 15 is 0 Å². The van der Waals surface area contributed by atoms with Crippen LogP contribution in [0.25, 0.3) is 0 Å². The maximum absolute atomic E-state index is 12.3. The van der Waals surface area contributed by atoms with E-state index in [1.165, 1.54) is 0 Å². The standard InChI is InChI=1S/C17H26N4O3/c1-12-13-9-24-11-17(15(13)19-16(18-12)20(2)3)6-7-21(10-17)14(22)5-8-23-4/h5-11H2,1-4H3/t17-/m1/s1. The van der Waals surface area contributed by atoms with Crippen LogP contribution in [0.15, 0.2) is 0 Å². The van der Waals surface area contributed by atoms with Crippen molar-refractivity contribution in [3.8, 4) is 0 Å². The summed E-state index contributed by atoms with van der Waals surface area (Å²) in [6.45, 7) is 5.02. The van der Waals surface area contributed by atoms with Gasteiger partial charge in [0.1, 0.15) is 0 Å². The molecule has 7 nitrogen and oxygen atoms in total. The lowest BCUT2D eigenvalue weighted by Crippen LogP contribution is -2.42. The first-order valence-electron chi connectivity index (χ1n) is 8.36. The number of anilines is 1. The van der Waals surface area contributed by atoms with Gasteiger partial charge in [-0.15, -0.1) is 0 Å². The maximum atomic E-state index is 12.3. The fraction of sp³-hybridized carbons (Fsp3) is 0.706. The van der Waals surface area contributed by atoms with Crippen LogP contribution in [0.1, 0.15) is 29.8 Å². The molecule has 24 heavy (non-hydrogen) atoms. The summed E-state index contributed by atoms with van der Waals surface area (Å²) in [5.41, 5.74) is 2.89. The molecular formula is C17H26N4O3. The topological polar surface area (TPSA) is 67.8 Å². The number of likely N-dealkylation sites (tertiary alicyclic amines) is 1. The van der Waals surface area contributed by atoms with Gasteiger partial charge < -0.3 is 19.3 Å². The summed E-state index contributed by atoms with van der Waals surface area (Å²) in [5.74, 6) is 0.858. The summed E-state index contributed by atoms with van der Waals surface area (Å²) in [7, 11) is 5.51. The van der Waals surface area contributed by atoms with Gasteiger partial charge in [0.25, 0.3) is 0 Å². The normalized spacial score (nSPS) is 22.8. The van der Waals surface area contributed by atoms with E-state index in [1.54, 1.807) is 7.11 Å². The lowest BCUT2D eigenvalue weighted by Gasteiger charge is -2.35. The van der Waals surface area contributed by atoms with Gasteiger partial charge in [-0.25, -0.2) is 9.97 Å². The van der Waals surface area contributed by atoms with Crippen molar-refractivity contribution in [1.82, 2.24) is 14.9 Å². The van der Waals surface area contributed by atoms with Crippen molar-refractivity contribution in [2.45, 2.75) is 31.8 Å². The number of hydrogen-bond donors (Lipinski definition) is 0. The molecule has 0 aromatic carbocycles. The highest BCUT2D eigenvalue weighted by Gasteiger charge is 2.46. The van der Waals surface area contributed by atoms with Crippen molar-refractivity contribution < 1.29 is 14.3 Å². The number of carbonyl (C=O) groups is 1. The summed E-state index contributed by atoms with van der Waals surface area (Å²) in [6.07, 6.45) is 1.30. The Hall–Kier alpha value is -1.73. The first-order valence-corrected chi connectivity index (χ1v) is 8.36. The third kappa shape index (κ3) is 2.98. The molecule has 1 aromatic heterocycles. The fourth-order valence-electron chi connectivity index (χ4n) is 3.55.